The first-order chi connectivity index (χ1) is 13.3. The number of rotatable bonds is 5. The van der Waals surface area contributed by atoms with E-state index < -0.39 is 0 Å². The molecule has 0 aliphatic carbocycles. The highest BCUT2D eigenvalue weighted by Crippen LogP contribution is 2.23. The third kappa shape index (κ3) is 4.44. The zero-order valence-corrected chi connectivity index (χ0v) is 15.2. The molecule has 1 N–H and O–H groups in total. The Balaban J connectivity index is 1.35. The van der Waals surface area contributed by atoms with Gasteiger partial charge in [-0.15, -0.1) is 0 Å². The van der Waals surface area contributed by atoms with Gasteiger partial charge in [0.05, 0.1) is 12.2 Å². The fourth-order valence-corrected chi connectivity index (χ4v) is 3.56. The van der Waals surface area contributed by atoms with Crippen molar-refractivity contribution in [1.82, 2.24) is 9.88 Å². The van der Waals surface area contributed by atoms with Crippen LogP contribution < -0.4 is 5.32 Å². The highest BCUT2D eigenvalue weighted by atomic mass is 16.3. The second-order valence-corrected chi connectivity index (χ2v) is 6.97. The van der Waals surface area contributed by atoms with Crippen LogP contribution in [0.2, 0.25) is 0 Å². The molecule has 1 aliphatic heterocycles. The molecular weight excluding hydrogens is 338 g/mol. The molecule has 0 unspecified atom stereocenters. The molecule has 5 heteroatoms. The largest absolute Gasteiger partial charge is 0.464 e. The summed E-state index contributed by atoms with van der Waals surface area (Å²) in [6.07, 6.45) is 7.27. The maximum absolute atomic E-state index is 12.7. The topological polar surface area (TPSA) is 58.4 Å². The van der Waals surface area contributed by atoms with Gasteiger partial charge in [-0.2, -0.15) is 0 Å². The van der Waals surface area contributed by atoms with Crippen molar-refractivity contribution >= 4 is 11.6 Å². The number of piperidine rings is 1. The molecule has 0 bridgehead atoms. The Hall–Kier alpha value is -2.92. The number of carbonyl (C=O) groups is 1. The number of pyridine rings is 1. The van der Waals surface area contributed by atoms with Crippen LogP contribution >= 0.6 is 0 Å². The standard InChI is InChI=1S/C22H23N3O2/c26-22(24-20-7-5-18(6-8-20)21-4-2-14-27-21)19-3-1-13-25(16-19)15-17-9-11-23-12-10-17/h2,4-12,14,19H,1,3,13,15-16H2,(H,24,26)/t19-/m0/s1. The lowest BCUT2D eigenvalue weighted by Gasteiger charge is -2.32. The number of furan rings is 1. The number of hydrogen-bond donors (Lipinski definition) is 1. The molecule has 1 atom stereocenters. The van der Waals surface area contributed by atoms with Gasteiger partial charge in [-0.3, -0.25) is 14.7 Å². The molecule has 0 spiro atoms. The van der Waals surface area contributed by atoms with Crippen LogP contribution in [-0.4, -0.2) is 28.9 Å². The van der Waals surface area contributed by atoms with Gasteiger partial charge in [-0.1, -0.05) is 0 Å². The van der Waals surface area contributed by atoms with E-state index in [2.05, 4.69) is 15.2 Å². The average Bonchev–Trinajstić information content (AvgIpc) is 3.24. The molecule has 1 saturated heterocycles. The Kier molecular flexibility index (Phi) is 5.30. The van der Waals surface area contributed by atoms with Crippen molar-refractivity contribution in [2.24, 2.45) is 5.92 Å². The molecule has 2 aromatic heterocycles. The molecule has 1 fully saturated rings. The number of nitrogens with one attached hydrogen (secondary N) is 1. The van der Waals surface area contributed by atoms with Gasteiger partial charge in [0.2, 0.25) is 5.91 Å². The van der Waals surface area contributed by atoms with Crippen LogP contribution in [0.15, 0.2) is 71.6 Å². The molecule has 1 aromatic carbocycles. The van der Waals surface area contributed by atoms with Gasteiger partial charge in [0.25, 0.3) is 0 Å². The second-order valence-electron chi connectivity index (χ2n) is 6.97. The quantitative estimate of drug-likeness (QED) is 0.740. The van der Waals surface area contributed by atoms with Crippen LogP contribution in [0.4, 0.5) is 5.69 Å². The molecule has 3 heterocycles. The zero-order chi connectivity index (χ0) is 18.5. The monoisotopic (exact) mass is 361 g/mol. The van der Waals surface area contributed by atoms with E-state index in [9.17, 15) is 4.79 Å². The van der Waals surface area contributed by atoms with Crippen LogP contribution in [0.3, 0.4) is 0 Å². The van der Waals surface area contributed by atoms with Crippen molar-refractivity contribution in [3.8, 4) is 11.3 Å². The molecule has 3 aromatic rings. The summed E-state index contributed by atoms with van der Waals surface area (Å²) in [6.45, 7) is 2.69. The first-order valence-electron chi connectivity index (χ1n) is 9.34. The van der Waals surface area contributed by atoms with Gasteiger partial charge in [0, 0.05) is 36.7 Å². The number of hydrogen-bond acceptors (Lipinski definition) is 4. The molecule has 4 rings (SSSR count). The molecule has 1 aliphatic rings. The minimum atomic E-state index is 0.0188. The fourth-order valence-electron chi connectivity index (χ4n) is 3.56. The third-order valence-electron chi connectivity index (χ3n) is 4.99. The summed E-state index contributed by atoms with van der Waals surface area (Å²) in [5.74, 6) is 0.942. The number of amides is 1. The number of likely N-dealkylation sites (tertiary alicyclic amines) is 1. The van der Waals surface area contributed by atoms with Crippen molar-refractivity contribution in [1.29, 1.82) is 0 Å². The molecule has 1 amide bonds. The predicted molar refractivity (Wildman–Crippen MR) is 105 cm³/mol. The van der Waals surface area contributed by atoms with Gasteiger partial charge in [-0.05, 0) is 73.5 Å². The first kappa shape index (κ1) is 17.5. The summed E-state index contributed by atoms with van der Waals surface area (Å²) in [4.78, 5) is 19.1. The molecule has 138 valence electrons. The molecule has 5 nitrogen and oxygen atoms in total. The summed E-state index contributed by atoms with van der Waals surface area (Å²) in [7, 11) is 0. The van der Waals surface area contributed by atoms with E-state index in [-0.39, 0.29) is 11.8 Å². The lowest BCUT2D eigenvalue weighted by molar-refractivity contribution is -0.121. The van der Waals surface area contributed by atoms with Crippen LogP contribution in [0.5, 0.6) is 0 Å². The van der Waals surface area contributed by atoms with Crippen molar-refractivity contribution in [2.75, 3.05) is 18.4 Å². The zero-order valence-electron chi connectivity index (χ0n) is 15.2. The highest BCUT2D eigenvalue weighted by Gasteiger charge is 2.25. The van der Waals surface area contributed by atoms with E-state index in [1.54, 1.807) is 6.26 Å². The van der Waals surface area contributed by atoms with Crippen LogP contribution in [-0.2, 0) is 11.3 Å². The van der Waals surface area contributed by atoms with Crippen molar-refractivity contribution in [3.63, 3.8) is 0 Å². The number of carbonyl (C=O) groups excluding carboxylic acids is 1. The number of benzene rings is 1. The Morgan fingerprint density at radius 2 is 1.96 bits per heavy atom. The Bertz CT molecular complexity index is 860. The maximum Gasteiger partial charge on any atom is 0.228 e. The van der Waals surface area contributed by atoms with Crippen molar-refractivity contribution in [2.45, 2.75) is 19.4 Å². The van der Waals surface area contributed by atoms with E-state index in [1.807, 2.05) is 60.9 Å². The van der Waals surface area contributed by atoms with Crippen LogP contribution in [0.25, 0.3) is 11.3 Å². The van der Waals surface area contributed by atoms with E-state index in [4.69, 9.17) is 4.42 Å². The smallest absolute Gasteiger partial charge is 0.228 e. The summed E-state index contributed by atoms with van der Waals surface area (Å²) < 4.78 is 5.40. The number of nitrogens with zero attached hydrogens (tertiary/aromatic N) is 2. The Morgan fingerprint density at radius 1 is 1.15 bits per heavy atom. The van der Waals surface area contributed by atoms with E-state index in [0.717, 1.165) is 49.5 Å². The fraction of sp³-hybridized carbons (Fsp3) is 0.273. The maximum atomic E-state index is 12.7. The van der Waals surface area contributed by atoms with Gasteiger partial charge in [0.1, 0.15) is 5.76 Å². The second kappa shape index (κ2) is 8.18. The predicted octanol–water partition coefficient (Wildman–Crippen LogP) is 4.19. The molecule has 0 radical (unpaired) electrons. The lowest BCUT2D eigenvalue weighted by Crippen LogP contribution is -2.40. The van der Waals surface area contributed by atoms with E-state index in [1.165, 1.54) is 5.56 Å². The van der Waals surface area contributed by atoms with Crippen molar-refractivity contribution in [3.05, 3.63) is 72.8 Å². The highest BCUT2D eigenvalue weighted by molar-refractivity contribution is 5.93. The minimum absolute atomic E-state index is 0.0188. The molecule has 0 saturated carbocycles. The molecule has 27 heavy (non-hydrogen) atoms. The van der Waals surface area contributed by atoms with E-state index >= 15 is 0 Å². The Labute approximate surface area is 159 Å². The minimum Gasteiger partial charge on any atom is -0.464 e. The SMILES string of the molecule is O=C(Nc1ccc(-c2ccco2)cc1)[C@H]1CCCN(Cc2ccncc2)C1. The summed E-state index contributed by atoms with van der Waals surface area (Å²) in [6, 6.07) is 15.6. The van der Waals surface area contributed by atoms with Gasteiger partial charge >= 0.3 is 0 Å². The normalized spacial score (nSPS) is 17.6. The van der Waals surface area contributed by atoms with Gasteiger partial charge in [0.15, 0.2) is 0 Å². The number of aromatic nitrogens is 1. The summed E-state index contributed by atoms with van der Waals surface area (Å²) in [5, 5.41) is 3.06. The van der Waals surface area contributed by atoms with Crippen LogP contribution in [0, 0.1) is 5.92 Å². The summed E-state index contributed by atoms with van der Waals surface area (Å²) in [5.41, 5.74) is 3.06. The van der Waals surface area contributed by atoms with Crippen molar-refractivity contribution < 1.29 is 9.21 Å². The van der Waals surface area contributed by atoms with Crippen LogP contribution in [0.1, 0.15) is 18.4 Å². The van der Waals surface area contributed by atoms with Gasteiger partial charge < -0.3 is 9.73 Å². The summed E-state index contributed by atoms with van der Waals surface area (Å²) >= 11 is 0. The Morgan fingerprint density at radius 3 is 2.70 bits per heavy atom. The third-order valence-corrected chi connectivity index (χ3v) is 4.99. The first-order valence-corrected chi connectivity index (χ1v) is 9.34. The number of anilines is 1. The average molecular weight is 361 g/mol. The van der Waals surface area contributed by atoms with E-state index in [0.29, 0.717) is 0 Å². The molecular formula is C22H23N3O2. The van der Waals surface area contributed by atoms with Gasteiger partial charge in [-0.25, -0.2) is 0 Å². The lowest BCUT2D eigenvalue weighted by atomic mass is 9.96.